The van der Waals surface area contributed by atoms with Gasteiger partial charge in [0.25, 0.3) is 0 Å². The Hall–Kier alpha value is -0.120. The summed E-state index contributed by atoms with van der Waals surface area (Å²) >= 11 is 4.27. The van der Waals surface area contributed by atoms with Crippen molar-refractivity contribution in [3.63, 3.8) is 0 Å². The summed E-state index contributed by atoms with van der Waals surface area (Å²) in [6.07, 6.45) is 4.37. The molecule has 1 saturated carbocycles. The Balaban J connectivity index is 1.61. The van der Waals surface area contributed by atoms with Crippen molar-refractivity contribution in [2.45, 2.75) is 36.1 Å². The first-order chi connectivity index (χ1) is 8.39. The molecule has 92 valence electrons. The standard InChI is InChI=1S/C14H18OS2/c1-2-5-12(6-3-1)11-15-13-7-4-8-14(13)16-9-10-17-14/h1-3,5-6,13H,4,7-11H2/t13-/m1/s1. The van der Waals surface area contributed by atoms with E-state index in [1.165, 1.54) is 36.3 Å². The van der Waals surface area contributed by atoms with Crippen LogP contribution in [0.25, 0.3) is 0 Å². The van der Waals surface area contributed by atoms with Gasteiger partial charge in [0.2, 0.25) is 0 Å². The van der Waals surface area contributed by atoms with E-state index in [-0.39, 0.29) is 0 Å². The minimum Gasteiger partial charge on any atom is -0.371 e. The molecule has 1 heterocycles. The molecule has 0 aromatic heterocycles. The number of ether oxygens (including phenoxy) is 1. The van der Waals surface area contributed by atoms with Gasteiger partial charge in [0.1, 0.15) is 0 Å². The van der Waals surface area contributed by atoms with Gasteiger partial charge in [-0.1, -0.05) is 30.3 Å². The number of hydrogen-bond acceptors (Lipinski definition) is 3. The van der Waals surface area contributed by atoms with Crippen molar-refractivity contribution in [1.82, 2.24) is 0 Å². The second-order valence-electron chi connectivity index (χ2n) is 4.69. The van der Waals surface area contributed by atoms with Gasteiger partial charge in [0, 0.05) is 11.5 Å². The summed E-state index contributed by atoms with van der Waals surface area (Å²) in [5.41, 5.74) is 1.29. The van der Waals surface area contributed by atoms with Gasteiger partial charge >= 0.3 is 0 Å². The molecular weight excluding hydrogens is 248 g/mol. The molecule has 0 bridgehead atoms. The Morgan fingerprint density at radius 3 is 2.71 bits per heavy atom. The highest BCUT2D eigenvalue weighted by Gasteiger charge is 2.47. The Bertz CT molecular complexity index is 354. The van der Waals surface area contributed by atoms with Gasteiger partial charge in [-0.05, 0) is 24.8 Å². The zero-order chi connectivity index (χ0) is 11.6. The number of rotatable bonds is 3. The fourth-order valence-corrected chi connectivity index (χ4v) is 6.21. The van der Waals surface area contributed by atoms with Gasteiger partial charge in [-0.2, -0.15) is 0 Å². The molecular formula is C14H18OS2. The summed E-state index contributed by atoms with van der Waals surface area (Å²) in [6, 6.07) is 10.5. The Labute approximate surface area is 112 Å². The van der Waals surface area contributed by atoms with E-state index < -0.39 is 0 Å². The molecule has 17 heavy (non-hydrogen) atoms. The SMILES string of the molecule is c1ccc(CO[C@@H]2CCCC23SCCS3)cc1. The second kappa shape index (κ2) is 5.25. The maximum atomic E-state index is 6.19. The first-order valence-corrected chi connectivity index (χ1v) is 8.30. The van der Waals surface area contributed by atoms with E-state index in [4.69, 9.17) is 4.74 Å². The van der Waals surface area contributed by atoms with Crippen LogP contribution < -0.4 is 0 Å². The maximum Gasteiger partial charge on any atom is 0.0872 e. The lowest BCUT2D eigenvalue weighted by Crippen LogP contribution is -2.30. The molecule has 1 aliphatic carbocycles. The quantitative estimate of drug-likeness (QED) is 0.820. The summed E-state index contributed by atoms with van der Waals surface area (Å²) in [5, 5.41) is 0. The fourth-order valence-electron chi connectivity index (χ4n) is 2.70. The Morgan fingerprint density at radius 1 is 1.18 bits per heavy atom. The van der Waals surface area contributed by atoms with Crippen LogP contribution in [0, 0.1) is 0 Å². The molecule has 1 nitrogen and oxygen atoms in total. The lowest BCUT2D eigenvalue weighted by molar-refractivity contribution is 0.0438. The molecule has 1 atom stereocenters. The summed E-state index contributed by atoms with van der Waals surface area (Å²) in [5.74, 6) is 2.60. The highest BCUT2D eigenvalue weighted by atomic mass is 32.2. The van der Waals surface area contributed by atoms with Crippen LogP contribution in [0.1, 0.15) is 24.8 Å². The first-order valence-electron chi connectivity index (χ1n) is 6.32. The highest BCUT2D eigenvalue weighted by molar-refractivity contribution is 8.21. The lowest BCUT2D eigenvalue weighted by Gasteiger charge is -2.29. The van der Waals surface area contributed by atoms with Gasteiger partial charge in [-0.25, -0.2) is 0 Å². The smallest absolute Gasteiger partial charge is 0.0872 e. The van der Waals surface area contributed by atoms with Crippen LogP contribution in [0.5, 0.6) is 0 Å². The van der Waals surface area contributed by atoms with E-state index in [9.17, 15) is 0 Å². The molecule has 0 unspecified atom stereocenters. The molecule has 3 rings (SSSR count). The fraction of sp³-hybridized carbons (Fsp3) is 0.571. The monoisotopic (exact) mass is 266 g/mol. The number of thioether (sulfide) groups is 2. The Morgan fingerprint density at radius 2 is 1.94 bits per heavy atom. The van der Waals surface area contributed by atoms with Crippen LogP contribution in [0.2, 0.25) is 0 Å². The van der Waals surface area contributed by atoms with E-state index in [0.717, 1.165) is 6.61 Å². The second-order valence-corrected chi connectivity index (χ2v) is 7.80. The van der Waals surface area contributed by atoms with Gasteiger partial charge < -0.3 is 4.74 Å². The predicted octanol–water partition coefficient (Wildman–Crippen LogP) is 3.93. The van der Waals surface area contributed by atoms with Crippen LogP contribution in [0.3, 0.4) is 0 Å². The van der Waals surface area contributed by atoms with Gasteiger partial charge in [-0.15, -0.1) is 23.5 Å². The predicted molar refractivity (Wildman–Crippen MR) is 76.5 cm³/mol. The zero-order valence-electron chi connectivity index (χ0n) is 9.93. The maximum absolute atomic E-state index is 6.19. The molecule has 2 fully saturated rings. The van der Waals surface area contributed by atoms with Crippen molar-refractivity contribution in [2.75, 3.05) is 11.5 Å². The molecule has 1 saturated heterocycles. The summed E-state index contributed by atoms with van der Waals surface area (Å²) in [7, 11) is 0. The number of hydrogen-bond donors (Lipinski definition) is 0. The summed E-state index contributed by atoms with van der Waals surface area (Å²) < 4.78 is 6.58. The molecule has 0 radical (unpaired) electrons. The largest absolute Gasteiger partial charge is 0.371 e. The van der Waals surface area contributed by atoms with E-state index in [1.54, 1.807) is 0 Å². The lowest BCUT2D eigenvalue weighted by atomic mass is 10.2. The first kappa shape index (κ1) is 11.9. The highest BCUT2D eigenvalue weighted by Crippen LogP contribution is 2.55. The van der Waals surface area contributed by atoms with E-state index in [0.29, 0.717) is 10.2 Å². The van der Waals surface area contributed by atoms with Crippen LogP contribution in [-0.4, -0.2) is 21.7 Å². The minimum absolute atomic E-state index is 0.398. The van der Waals surface area contributed by atoms with Crippen molar-refractivity contribution in [1.29, 1.82) is 0 Å². The average Bonchev–Trinajstić information content (AvgIpc) is 3.00. The van der Waals surface area contributed by atoms with E-state index in [1.807, 2.05) is 0 Å². The van der Waals surface area contributed by atoms with Crippen LogP contribution >= 0.6 is 23.5 Å². The topological polar surface area (TPSA) is 9.23 Å². The van der Waals surface area contributed by atoms with Crippen LogP contribution in [0.4, 0.5) is 0 Å². The third kappa shape index (κ3) is 2.51. The molecule has 0 N–H and O–H groups in total. The van der Waals surface area contributed by atoms with Crippen molar-refractivity contribution in [3.05, 3.63) is 35.9 Å². The molecule has 1 aromatic rings. The van der Waals surface area contributed by atoms with Gasteiger partial charge in [-0.3, -0.25) is 0 Å². The molecule has 2 aliphatic rings. The molecule has 1 aliphatic heterocycles. The van der Waals surface area contributed by atoms with Crippen molar-refractivity contribution < 1.29 is 4.74 Å². The number of benzene rings is 1. The third-order valence-electron chi connectivity index (χ3n) is 3.55. The van der Waals surface area contributed by atoms with Crippen LogP contribution in [-0.2, 0) is 11.3 Å². The van der Waals surface area contributed by atoms with E-state index >= 15 is 0 Å². The minimum atomic E-state index is 0.398. The van der Waals surface area contributed by atoms with Gasteiger partial charge in [0.05, 0.1) is 16.8 Å². The van der Waals surface area contributed by atoms with Crippen molar-refractivity contribution in [3.8, 4) is 0 Å². The molecule has 3 heteroatoms. The molecule has 1 spiro atoms. The molecule has 1 aromatic carbocycles. The normalized spacial score (nSPS) is 26.7. The van der Waals surface area contributed by atoms with E-state index in [2.05, 4.69) is 53.9 Å². The third-order valence-corrected chi connectivity index (χ3v) is 7.25. The molecule has 0 amide bonds. The van der Waals surface area contributed by atoms with Crippen molar-refractivity contribution in [2.24, 2.45) is 0 Å². The summed E-state index contributed by atoms with van der Waals surface area (Å²) in [6.45, 7) is 0.772. The average molecular weight is 266 g/mol. The van der Waals surface area contributed by atoms with Gasteiger partial charge in [0.15, 0.2) is 0 Å². The van der Waals surface area contributed by atoms with Crippen molar-refractivity contribution >= 4 is 23.5 Å². The summed E-state index contributed by atoms with van der Waals surface area (Å²) in [4.78, 5) is 0. The Kier molecular flexibility index (Phi) is 3.69. The van der Waals surface area contributed by atoms with Crippen LogP contribution in [0.15, 0.2) is 30.3 Å². The zero-order valence-corrected chi connectivity index (χ0v) is 11.6.